The summed E-state index contributed by atoms with van der Waals surface area (Å²) in [5.74, 6) is 1.38. The molecule has 1 aromatic carbocycles. The van der Waals surface area contributed by atoms with Crippen molar-refractivity contribution in [2.45, 2.75) is 32.8 Å². The van der Waals surface area contributed by atoms with E-state index in [1.54, 1.807) is 6.33 Å². The van der Waals surface area contributed by atoms with Gasteiger partial charge in [-0.3, -0.25) is 4.90 Å². The topological polar surface area (TPSA) is 50.7 Å². The molecule has 6 nitrogen and oxygen atoms in total. The lowest BCUT2D eigenvalue weighted by Gasteiger charge is -2.38. The van der Waals surface area contributed by atoms with Crippen LogP contribution in [0, 0.1) is 5.92 Å². The number of hydrogen-bond donors (Lipinski definition) is 0. The minimum atomic E-state index is 0.0964. The van der Waals surface area contributed by atoms with Gasteiger partial charge in [0.05, 0.1) is 23.6 Å². The van der Waals surface area contributed by atoms with Crippen LogP contribution in [0.5, 0.6) is 5.88 Å². The Balaban J connectivity index is 1.42. The fourth-order valence-corrected chi connectivity index (χ4v) is 4.04. The van der Waals surface area contributed by atoms with E-state index in [4.69, 9.17) is 9.47 Å². The van der Waals surface area contributed by atoms with E-state index in [2.05, 4.69) is 38.0 Å². The average Bonchev–Trinajstić information content (AvgIpc) is 2.69. The number of piperazine rings is 1. The van der Waals surface area contributed by atoms with Crippen molar-refractivity contribution in [2.75, 3.05) is 50.8 Å². The largest absolute Gasteiger partial charge is 0.474 e. The molecule has 1 aromatic heterocycles. The van der Waals surface area contributed by atoms with Gasteiger partial charge in [-0.2, -0.15) is 0 Å². The third-order valence-corrected chi connectivity index (χ3v) is 5.44. The molecule has 1 unspecified atom stereocenters. The predicted molar refractivity (Wildman–Crippen MR) is 107 cm³/mol. The summed E-state index contributed by atoms with van der Waals surface area (Å²) in [5, 5.41) is 0.991. The highest BCUT2D eigenvalue weighted by Crippen LogP contribution is 2.28. The van der Waals surface area contributed by atoms with Crippen LogP contribution in [0.3, 0.4) is 0 Å². The summed E-state index contributed by atoms with van der Waals surface area (Å²) in [6.07, 6.45) is 4.20. The van der Waals surface area contributed by atoms with Crippen LogP contribution in [-0.4, -0.2) is 66.9 Å². The number of fused-ring (bicyclic) bond motifs is 1. The quantitative estimate of drug-likeness (QED) is 0.807. The van der Waals surface area contributed by atoms with Crippen LogP contribution in [0.1, 0.15) is 26.7 Å². The highest BCUT2D eigenvalue weighted by atomic mass is 16.5. The van der Waals surface area contributed by atoms with Crippen LogP contribution in [-0.2, 0) is 4.74 Å². The van der Waals surface area contributed by atoms with Crippen molar-refractivity contribution < 1.29 is 9.47 Å². The monoisotopic (exact) mass is 370 g/mol. The Bertz CT molecular complexity index is 753. The number of ether oxygens (including phenoxy) is 2. The number of benzene rings is 1. The number of rotatable bonds is 5. The SMILES string of the molecule is CC(C)Oc1ncnc2ccc(N3CCN(CC4CCCOC4)CC3)cc12. The molecule has 3 heterocycles. The maximum atomic E-state index is 5.88. The lowest BCUT2D eigenvalue weighted by atomic mass is 10.0. The summed E-state index contributed by atoms with van der Waals surface area (Å²) in [5.41, 5.74) is 2.16. The molecule has 2 aliphatic rings. The molecule has 1 atom stereocenters. The van der Waals surface area contributed by atoms with Crippen LogP contribution in [0.25, 0.3) is 10.9 Å². The normalized spacial score (nSPS) is 21.7. The smallest absolute Gasteiger partial charge is 0.224 e. The van der Waals surface area contributed by atoms with Crippen LogP contribution < -0.4 is 9.64 Å². The highest BCUT2D eigenvalue weighted by molar-refractivity contribution is 5.86. The van der Waals surface area contributed by atoms with Gasteiger partial charge in [0.25, 0.3) is 0 Å². The molecule has 0 amide bonds. The minimum Gasteiger partial charge on any atom is -0.474 e. The summed E-state index contributed by atoms with van der Waals surface area (Å²) in [7, 11) is 0. The van der Waals surface area contributed by atoms with Gasteiger partial charge in [0.2, 0.25) is 5.88 Å². The molecular weight excluding hydrogens is 340 g/mol. The Morgan fingerprint density at radius 1 is 1.19 bits per heavy atom. The second-order valence-corrected chi connectivity index (χ2v) is 7.92. The van der Waals surface area contributed by atoms with E-state index in [-0.39, 0.29) is 6.10 Å². The molecule has 4 rings (SSSR count). The minimum absolute atomic E-state index is 0.0964. The first-order chi connectivity index (χ1) is 13.2. The van der Waals surface area contributed by atoms with E-state index in [0.29, 0.717) is 11.8 Å². The molecule has 6 heteroatoms. The van der Waals surface area contributed by atoms with Gasteiger partial charge in [-0.1, -0.05) is 0 Å². The zero-order valence-corrected chi connectivity index (χ0v) is 16.4. The Morgan fingerprint density at radius 3 is 2.78 bits per heavy atom. The van der Waals surface area contributed by atoms with E-state index in [1.807, 2.05) is 13.8 Å². The molecule has 0 bridgehead atoms. The lowest BCUT2D eigenvalue weighted by molar-refractivity contribution is 0.0377. The van der Waals surface area contributed by atoms with Crippen molar-refractivity contribution >= 4 is 16.6 Å². The van der Waals surface area contributed by atoms with E-state index in [1.165, 1.54) is 25.1 Å². The molecule has 146 valence electrons. The van der Waals surface area contributed by atoms with Gasteiger partial charge in [-0.15, -0.1) is 0 Å². The van der Waals surface area contributed by atoms with Crippen molar-refractivity contribution in [3.63, 3.8) is 0 Å². The molecule has 2 aromatic rings. The Morgan fingerprint density at radius 2 is 2.04 bits per heavy atom. The molecule has 27 heavy (non-hydrogen) atoms. The third kappa shape index (κ3) is 4.50. The number of anilines is 1. The first-order valence-electron chi connectivity index (χ1n) is 10.2. The van der Waals surface area contributed by atoms with E-state index >= 15 is 0 Å². The molecule has 2 saturated heterocycles. The first-order valence-corrected chi connectivity index (χ1v) is 10.2. The lowest BCUT2D eigenvalue weighted by Crippen LogP contribution is -2.48. The Labute approximate surface area is 161 Å². The van der Waals surface area contributed by atoms with Gasteiger partial charge in [0.15, 0.2) is 0 Å². The van der Waals surface area contributed by atoms with Crippen molar-refractivity contribution in [3.05, 3.63) is 24.5 Å². The third-order valence-electron chi connectivity index (χ3n) is 5.44. The maximum Gasteiger partial charge on any atom is 0.224 e. The zero-order valence-electron chi connectivity index (χ0n) is 16.4. The predicted octanol–water partition coefficient (Wildman–Crippen LogP) is 2.97. The van der Waals surface area contributed by atoms with Gasteiger partial charge in [0.1, 0.15) is 6.33 Å². The maximum absolute atomic E-state index is 5.88. The summed E-state index contributed by atoms with van der Waals surface area (Å²) in [6, 6.07) is 6.42. The number of hydrogen-bond acceptors (Lipinski definition) is 6. The van der Waals surface area contributed by atoms with Crippen LogP contribution in [0.4, 0.5) is 5.69 Å². The van der Waals surface area contributed by atoms with Gasteiger partial charge in [-0.25, -0.2) is 9.97 Å². The number of aromatic nitrogens is 2. The summed E-state index contributed by atoms with van der Waals surface area (Å²) < 4.78 is 11.5. The summed E-state index contributed by atoms with van der Waals surface area (Å²) in [4.78, 5) is 13.8. The molecule has 0 saturated carbocycles. The Kier molecular flexibility index (Phi) is 5.74. The standard InChI is InChI=1S/C21H30N4O2/c1-16(2)27-21-19-12-18(5-6-20(19)22-15-23-21)25-9-7-24(8-10-25)13-17-4-3-11-26-14-17/h5-6,12,15-17H,3-4,7-11,13-14H2,1-2H3. The summed E-state index contributed by atoms with van der Waals surface area (Å²) >= 11 is 0. The molecule has 0 aliphatic carbocycles. The molecular formula is C21H30N4O2. The van der Waals surface area contributed by atoms with E-state index in [9.17, 15) is 0 Å². The van der Waals surface area contributed by atoms with Crippen LogP contribution >= 0.6 is 0 Å². The Hall–Kier alpha value is -1.92. The van der Waals surface area contributed by atoms with Crippen molar-refractivity contribution in [1.82, 2.24) is 14.9 Å². The average molecular weight is 370 g/mol. The second kappa shape index (κ2) is 8.40. The summed E-state index contributed by atoms with van der Waals surface area (Å²) in [6.45, 7) is 11.4. The van der Waals surface area contributed by atoms with Gasteiger partial charge >= 0.3 is 0 Å². The van der Waals surface area contributed by atoms with Crippen molar-refractivity contribution in [2.24, 2.45) is 5.92 Å². The zero-order chi connectivity index (χ0) is 18.6. The fourth-order valence-electron chi connectivity index (χ4n) is 4.04. The first kappa shape index (κ1) is 18.4. The van der Waals surface area contributed by atoms with Gasteiger partial charge in [-0.05, 0) is 50.8 Å². The molecule has 0 spiro atoms. The van der Waals surface area contributed by atoms with Crippen molar-refractivity contribution in [3.8, 4) is 5.88 Å². The molecule has 0 N–H and O–H groups in total. The molecule has 2 fully saturated rings. The molecule has 0 radical (unpaired) electrons. The second-order valence-electron chi connectivity index (χ2n) is 7.92. The van der Waals surface area contributed by atoms with Gasteiger partial charge in [0, 0.05) is 45.0 Å². The highest BCUT2D eigenvalue weighted by Gasteiger charge is 2.22. The van der Waals surface area contributed by atoms with Gasteiger partial charge < -0.3 is 14.4 Å². The van der Waals surface area contributed by atoms with Crippen LogP contribution in [0.2, 0.25) is 0 Å². The van der Waals surface area contributed by atoms with E-state index < -0.39 is 0 Å². The number of nitrogens with zero attached hydrogens (tertiary/aromatic N) is 4. The van der Waals surface area contributed by atoms with Crippen molar-refractivity contribution in [1.29, 1.82) is 0 Å². The van der Waals surface area contributed by atoms with E-state index in [0.717, 1.165) is 50.3 Å². The fraction of sp³-hybridized carbons (Fsp3) is 0.619. The van der Waals surface area contributed by atoms with Crippen LogP contribution in [0.15, 0.2) is 24.5 Å². The molecule has 2 aliphatic heterocycles.